The number of carbonyl (C=O) groups excluding carboxylic acids is 2. The molecule has 79 heavy (non-hydrogen) atoms. The van der Waals surface area contributed by atoms with E-state index in [-0.39, 0.29) is 54.5 Å². The molecule has 420 valence electrons. The van der Waals surface area contributed by atoms with E-state index in [2.05, 4.69) is 129 Å². The number of nitrogens with zero attached hydrogens (tertiary/aromatic N) is 10. The fraction of sp³-hybridized carbons (Fsp3) is 0.508. The zero-order valence-corrected chi connectivity index (χ0v) is 49.2. The van der Waals surface area contributed by atoms with Crippen molar-refractivity contribution in [3.05, 3.63) is 114 Å². The lowest BCUT2D eigenvalue weighted by Crippen LogP contribution is -2.59. The van der Waals surface area contributed by atoms with Crippen molar-refractivity contribution in [1.29, 1.82) is 10.5 Å². The van der Waals surface area contributed by atoms with E-state index < -0.39 is 27.1 Å². The predicted molar refractivity (Wildman–Crippen MR) is 311 cm³/mol. The summed E-state index contributed by atoms with van der Waals surface area (Å²) in [6.45, 7) is 31.7. The standard InChI is InChI=1S/C63H83N11O5/c1-15-58(8,9)43-62(14,56(76)79-39-38-77-54-35-32-50(40-45(54)7)72-70-48-28-26-47(27-29-48)69-68-46-24-22-21-23-25-46)63(18-4,19-5)60(12,17-3)44-61(13,59(10,11)16-2)55(75)78-37-36-74(20-6)51-33-30-49(31-34-51)71-73-57-66-52(41-64)53(42-65)67-57/h21-35,40H,15-20,36-39,43-44H2,1-14H3,(H,66,67)/b69-68+,72-70+,73-71+. The number of azo groups is 3. The van der Waals surface area contributed by atoms with Crippen molar-refractivity contribution >= 4 is 52.0 Å². The van der Waals surface area contributed by atoms with Gasteiger partial charge in [0.25, 0.3) is 0 Å². The van der Waals surface area contributed by atoms with Crippen molar-refractivity contribution in [3.63, 3.8) is 0 Å². The SMILES string of the molecule is CCN(CCOC(=O)C(C)(CC(C)(CC)C(CC)(CC)C(C)(CC(C)(C)CC)C(=O)OCCOc1ccc(/N=N/c2ccc(/N=N/c3ccccc3)cc2)cc1C)C(C)(C)CC)c1ccc(/N=N/c2nc(C#N)c(C#N)[nH]2)cc1. The summed E-state index contributed by atoms with van der Waals surface area (Å²) in [5.74, 6) is 0.224. The second-order valence-corrected chi connectivity index (χ2v) is 22.6. The third-order valence-electron chi connectivity index (χ3n) is 17.3. The average molecular weight is 1070 g/mol. The van der Waals surface area contributed by atoms with Gasteiger partial charge in [-0.1, -0.05) is 100 Å². The van der Waals surface area contributed by atoms with Gasteiger partial charge in [0.2, 0.25) is 5.95 Å². The van der Waals surface area contributed by atoms with Gasteiger partial charge in [0, 0.05) is 12.2 Å². The van der Waals surface area contributed by atoms with Gasteiger partial charge >= 0.3 is 11.9 Å². The molecule has 1 heterocycles. The van der Waals surface area contributed by atoms with Crippen LogP contribution < -0.4 is 9.64 Å². The van der Waals surface area contributed by atoms with Gasteiger partial charge in [-0.3, -0.25) is 9.59 Å². The molecule has 3 atom stereocenters. The number of likely N-dealkylation sites (N-methyl/N-ethyl adjacent to an activating group) is 1. The van der Waals surface area contributed by atoms with E-state index in [1.54, 1.807) is 0 Å². The molecule has 1 N–H and O–H groups in total. The highest BCUT2D eigenvalue weighted by Crippen LogP contribution is 2.66. The van der Waals surface area contributed by atoms with Gasteiger partial charge < -0.3 is 24.1 Å². The number of rotatable bonds is 29. The molecule has 16 heteroatoms. The van der Waals surface area contributed by atoms with Crippen LogP contribution in [-0.2, 0) is 19.1 Å². The molecule has 5 rings (SSSR count). The van der Waals surface area contributed by atoms with Crippen LogP contribution in [0.2, 0.25) is 0 Å². The molecule has 0 fully saturated rings. The maximum atomic E-state index is 15.2. The van der Waals surface area contributed by atoms with E-state index in [9.17, 15) is 15.3 Å². The molecule has 3 unspecified atom stereocenters. The van der Waals surface area contributed by atoms with Gasteiger partial charge in [-0.2, -0.15) is 36.0 Å². The van der Waals surface area contributed by atoms with Crippen LogP contribution in [0.5, 0.6) is 5.75 Å². The topological polar surface area (TPSA) is 215 Å². The van der Waals surface area contributed by atoms with Crippen molar-refractivity contribution in [3.8, 4) is 17.9 Å². The molecule has 0 aliphatic carbocycles. The van der Waals surface area contributed by atoms with Gasteiger partial charge in [0.1, 0.15) is 37.7 Å². The molecule has 0 aliphatic rings. The summed E-state index contributed by atoms with van der Waals surface area (Å²) in [6.07, 6.45) is 4.82. The highest BCUT2D eigenvalue weighted by Gasteiger charge is 2.64. The molecule has 0 spiro atoms. The van der Waals surface area contributed by atoms with Crippen molar-refractivity contribution in [1.82, 2.24) is 9.97 Å². The highest BCUT2D eigenvalue weighted by molar-refractivity contribution is 5.79. The van der Waals surface area contributed by atoms with Crippen LogP contribution in [0.3, 0.4) is 0 Å². The Labute approximate surface area is 469 Å². The first kappa shape index (κ1) is 62.3. The summed E-state index contributed by atoms with van der Waals surface area (Å²) in [5.41, 5.74) is 1.51. The van der Waals surface area contributed by atoms with Gasteiger partial charge in [-0.05, 0) is 166 Å². The van der Waals surface area contributed by atoms with Crippen molar-refractivity contribution in [2.75, 3.05) is 37.8 Å². The second kappa shape index (κ2) is 27.3. The Kier molecular flexibility index (Phi) is 21.5. The van der Waals surface area contributed by atoms with Crippen LogP contribution >= 0.6 is 0 Å². The lowest BCUT2D eigenvalue weighted by atomic mass is 9.42. The maximum absolute atomic E-state index is 15.2. The summed E-state index contributed by atoms with van der Waals surface area (Å²) < 4.78 is 19.0. The number of benzene rings is 4. The number of hydrogen-bond donors (Lipinski definition) is 1. The quantitative estimate of drug-likeness (QED) is 0.0273. The molecule has 16 nitrogen and oxygen atoms in total. The summed E-state index contributed by atoms with van der Waals surface area (Å²) in [5, 5.41) is 44.2. The zero-order chi connectivity index (χ0) is 58.1. The number of ether oxygens (including phenoxy) is 3. The minimum Gasteiger partial charge on any atom is -0.490 e. The molecular formula is C63H83N11O5. The number of imidazole rings is 1. The first-order valence-corrected chi connectivity index (χ1v) is 27.8. The Morgan fingerprint density at radius 3 is 1.63 bits per heavy atom. The fourth-order valence-electron chi connectivity index (χ4n) is 11.4. The zero-order valence-electron chi connectivity index (χ0n) is 49.2. The number of H-pyrrole nitrogens is 1. The number of anilines is 1. The molecule has 0 radical (unpaired) electrons. The van der Waals surface area contributed by atoms with E-state index in [0.29, 0.717) is 67.3 Å². The number of hydrogen-bond acceptors (Lipinski definition) is 15. The summed E-state index contributed by atoms with van der Waals surface area (Å²) >= 11 is 0. The molecule has 5 aromatic rings. The van der Waals surface area contributed by atoms with Crippen LogP contribution in [0.1, 0.15) is 152 Å². The van der Waals surface area contributed by atoms with Gasteiger partial charge in [0.05, 0.1) is 45.8 Å². The highest BCUT2D eigenvalue weighted by atomic mass is 16.6. The lowest BCUT2D eigenvalue weighted by Gasteiger charge is -2.61. The monoisotopic (exact) mass is 1070 g/mol. The van der Waals surface area contributed by atoms with Gasteiger partial charge in [-0.15, -0.1) is 10.2 Å². The van der Waals surface area contributed by atoms with E-state index in [1.165, 1.54) is 0 Å². The Morgan fingerprint density at radius 2 is 1.13 bits per heavy atom. The molecule has 0 bridgehead atoms. The number of aromatic amines is 1. The third kappa shape index (κ3) is 14.8. The minimum atomic E-state index is -0.948. The molecule has 1 aromatic heterocycles. The summed E-state index contributed by atoms with van der Waals surface area (Å²) in [6, 6.07) is 33.8. The average Bonchev–Trinajstić information content (AvgIpc) is 3.84. The van der Waals surface area contributed by atoms with Gasteiger partial charge in [-0.25, -0.2) is 0 Å². The smallest absolute Gasteiger partial charge is 0.312 e. The minimum absolute atomic E-state index is 0.0324. The number of nitriles is 2. The molecule has 0 amide bonds. The number of nitrogens with one attached hydrogen (secondary N) is 1. The van der Waals surface area contributed by atoms with E-state index in [4.69, 9.17) is 14.2 Å². The lowest BCUT2D eigenvalue weighted by molar-refractivity contribution is -0.192. The number of esters is 2. The first-order valence-electron chi connectivity index (χ1n) is 27.8. The molecule has 0 saturated carbocycles. The van der Waals surface area contributed by atoms with E-state index >= 15 is 4.79 Å². The Balaban J connectivity index is 1.29. The molecule has 4 aromatic carbocycles. The van der Waals surface area contributed by atoms with Crippen LogP contribution in [0.25, 0.3) is 0 Å². The first-order chi connectivity index (χ1) is 37.6. The van der Waals surface area contributed by atoms with E-state index in [0.717, 1.165) is 36.2 Å². The van der Waals surface area contributed by atoms with Crippen LogP contribution in [0, 0.1) is 62.1 Å². The molecular weight excluding hydrogens is 991 g/mol. The van der Waals surface area contributed by atoms with Crippen molar-refractivity contribution < 1.29 is 23.8 Å². The predicted octanol–water partition coefficient (Wildman–Crippen LogP) is 17.6. The molecule has 0 saturated heterocycles. The van der Waals surface area contributed by atoms with Gasteiger partial charge in [0.15, 0.2) is 11.4 Å². The summed E-state index contributed by atoms with van der Waals surface area (Å²) in [4.78, 5) is 39.0. The number of aromatic nitrogens is 2. The Bertz CT molecular complexity index is 2950. The van der Waals surface area contributed by atoms with Crippen LogP contribution in [0.15, 0.2) is 128 Å². The van der Waals surface area contributed by atoms with Crippen LogP contribution in [-0.4, -0.2) is 54.8 Å². The Hall–Kier alpha value is -7.59. The summed E-state index contributed by atoms with van der Waals surface area (Å²) in [7, 11) is 0. The Morgan fingerprint density at radius 1 is 0.595 bits per heavy atom. The fourth-order valence-corrected chi connectivity index (χ4v) is 11.4. The maximum Gasteiger partial charge on any atom is 0.312 e. The van der Waals surface area contributed by atoms with Crippen molar-refractivity contribution in [2.45, 2.75) is 142 Å². The number of carbonyl (C=O) groups is 2. The second-order valence-electron chi connectivity index (χ2n) is 22.6. The largest absolute Gasteiger partial charge is 0.490 e. The van der Waals surface area contributed by atoms with E-state index in [1.807, 2.05) is 123 Å². The molecule has 0 aliphatic heterocycles. The number of aryl methyl sites for hydroxylation is 1. The van der Waals surface area contributed by atoms with Crippen LogP contribution in [0.4, 0.5) is 40.1 Å². The third-order valence-corrected chi connectivity index (χ3v) is 17.3. The van der Waals surface area contributed by atoms with Crippen molar-refractivity contribution in [2.24, 2.45) is 63.2 Å². The normalized spacial score (nSPS) is 14.5.